The molecule has 5 heteroatoms. The predicted molar refractivity (Wildman–Crippen MR) is 77.0 cm³/mol. The van der Waals surface area contributed by atoms with Crippen molar-refractivity contribution >= 4 is 17.7 Å². The van der Waals surface area contributed by atoms with Crippen molar-refractivity contribution in [2.75, 3.05) is 18.1 Å². The van der Waals surface area contributed by atoms with Crippen LogP contribution in [0.15, 0.2) is 0 Å². The molecule has 0 aromatic carbocycles. The minimum Gasteiger partial charge on any atom is -0.377 e. The number of hydrogen-bond acceptors (Lipinski definition) is 4. The van der Waals surface area contributed by atoms with Crippen molar-refractivity contribution in [2.24, 2.45) is 17.1 Å². The monoisotopic (exact) mass is 284 g/mol. The highest BCUT2D eigenvalue weighted by atomic mass is 32.2. The zero-order valence-electron chi connectivity index (χ0n) is 11.8. The maximum absolute atomic E-state index is 12.7. The number of thioether (sulfide) groups is 1. The summed E-state index contributed by atoms with van der Waals surface area (Å²) in [6, 6.07) is 0.311. The van der Waals surface area contributed by atoms with Crippen LogP contribution in [0.3, 0.4) is 0 Å². The summed E-state index contributed by atoms with van der Waals surface area (Å²) in [5.41, 5.74) is 5.52. The van der Waals surface area contributed by atoms with E-state index in [0.717, 1.165) is 37.4 Å². The van der Waals surface area contributed by atoms with Crippen molar-refractivity contribution < 1.29 is 9.53 Å². The van der Waals surface area contributed by atoms with Gasteiger partial charge in [0.05, 0.1) is 6.10 Å². The first kappa shape index (κ1) is 13.7. The highest BCUT2D eigenvalue weighted by molar-refractivity contribution is 7.99. The molecule has 3 aliphatic rings. The molecule has 0 aromatic heterocycles. The lowest BCUT2D eigenvalue weighted by Gasteiger charge is -2.60. The van der Waals surface area contributed by atoms with E-state index in [9.17, 15) is 4.79 Å². The van der Waals surface area contributed by atoms with Crippen molar-refractivity contribution in [1.29, 1.82) is 0 Å². The SMILES string of the molecule is CC1(C)C2OCCC2C1(N)C(=O)NC1CCSCC1. The molecule has 2 saturated heterocycles. The average molecular weight is 284 g/mol. The number of ether oxygens (including phenoxy) is 1. The van der Waals surface area contributed by atoms with Gasteiger partial charge < -0.3 is 15.8 Å². The van der Waals surface area contributed by atoms with Gasteiger partial charge in [-0.2, -0.15) is 11.8 Å². The van der Waals surface area contributed by atoms with Crippen LogP contribution in [0.2, 0.25) is 0 Å². The van der Waals surface area contributed by atoms with E-state index in [1.54, 1.807) is 0 Å². The summed E-state index contributed by atoms with van der Waals surface area (Å²) in [6.07, 6.45) is 3.21. The third-order valence-corrected chi connectivity index (χ3v) is 6.44. The fourth-order valence-corrected chi connectivity index (χ4v) is 5.10. The first-order valence-corrected chi connectivity index (χ1v) is 8.42. The Balaban J connectivity index is 1.71. The summed E-state index contributed by atoms with van der Waals surface area (Å²) in [4.78, 5) is 12.7. The van der Waals surface area contributed by atoms with Crippen molar-refractivity contribution in [3.63, 3.8) is 0 Å². The number of hydrogen-bond donors (Lipinski definition) is 2. The van der Waals surface area contributed by atoms with E-state index in [1.165, 1.54) is 0 Å². The quantitative estimate of drug-likeness (QED) is 0.798. The second-order valence-corrected chi connectivity index (χ2v) is 7.86. The molecule has 1 amide bonds. The molecule has 0 aromatic rings. The molecule has 2 heterocycles. The second-order valence-electron chi connectivity index (χ2n) is 6.64. The van der Waals surface area contributed by atoms with Gasteiger partial charge in [0.2, 0.25) is 5.91 Å². The molecule has 3 fully saturated rings. The summed E-state index contributed by atoms with van der Waals surface area (Å²) < 4.78 is 5.74. The van der Waals surface area contributed by atoms with Gasteiger partial charge in [-0.3, -0.25) is 4.79 Å². The van der Waals surface area contributed by atoms with Crippen LogP contribution < -0.4 is 11.1 Å². The van der Waals surface area contributed by atoms with E-state index in [1.807, 2.05) is 11.8 Å². The van der Waals surface area contributed by atoms with Crippen molar-refractivity contribution in [3.05, 3.63) is 0 Å². The minimum atomic E-state index is -0.751. The molecule has 0 radical (unpaired) electrons. The fraction of sp³-hybridized carbons (Fsp3) is 0.929. The molecule has 1 aliphatic carbocycles. The summed E-state index contributed by atoms with van der Waals surface area (Å²) >= 11 is 1.97. The molecule has 2 aliphatic heterocycles. The summed E-state index contributed by atoms with van der Waals surface area (Å²) in [5.74, 6) is 2.52. The van der Waals surface area contributed by atoms with Crippen LogP contribution in [0.25, 0.3) is 0 Å². The Kier molecular flexibility index (Phi) is 3.35. The van der Waals surface area contributed by atoms with Crippen LogP contribution in [0, 0.1) is 11.3 Å². The number of nitrogens with two attached hydrogens (primary N) is 1. The third-order valence-electron chi connectivity index (χ3n) is 5.39. The smallest absolute Gasteiger partial charge is 0.241 e. The average Bonchev–Trinajstić information content (AvgIpc) is 2.87. The van der Waals surface area contributed by atoms with Crippen molar-refractivity contribution in [1.82, 2.24) is 5.32 Å². The largest absolute Gasteiger partial charge is 0.377 e. The zero-order chi connectivity index (χ0) is 13.7. The molecule has 1 saturated carbocycles. The lowest BCUT2D eigenvalue weighted by molar-refractivity contribution is -0.176. The van der Waals surface area contributed by atoms with Gasteiger partial charge in [0, 0.05) is 24.0 Å². The highest BCUT2D eigenvalue weighted by Gasteiger charge is 2.71. The molecule has 19 heavy (non-hydrogen) atoms. The maximum atomic E-state index is 12.7. The Bertz CT molecular complexity index is 382. The van der Waals surface area contributed by atoms with E-state index in [4.69, 9.17) is 10.5 Å². The fourth-order valence-electron chi connectivity index (χ4n) is 3.99. The molecule has 108 valence electrons. The highest BCUT2D eigenvalue weighted by Crippen LogP contribution is 2.58. The number of fused-ring (bicyclic) bond motifs is 1. The topological polar surface area (TPSA) is 64.3 Å². The van der Waals surface area contributed by atoms with Gasteiger partial charge >= 0.3 is 0 Å². The Morgan fingerprint density at radius 3 is 2.68 bits per heavy atom. The molecule has 0 bridgehead atoms. The molecule has 3 rings (SSSR count). The molecular weight excluding hydrogens is 260 g/mol. The Morgan fingerprint density at radius 2 is 2.00 bits per heavy atom. The van der Waals surface area contributed by atoms with Crippen LogP contribution in [-0.4, -0.2) is 41.7 Å². The van der Waals surface area contributed by atoms with E-state index in [0.29, 0.717) is 6.04 Å². The molecule has 3 atom stereocenters. The molecule has 0 spiro atoms. The van der Waals surface area contributed by atoms with Crippen molar-refractivity contribution in [2.45, 2.75) is 50.8 Å². The molecular formula is C14H24N2O2S. The summed E-state index contributed by atoms with van der Waals surface area (Å²) in [5, 5.41) is 3.20. The van der Waals surface area contributed by atoms with Crippen LogP contribution >= 0.6 is 11.8 Å². The Labute approximate surface area is 119 Å². The number of amides is 1. The van der Waals surface area contributed by atoms with E-state index >= 15 is 0 Å². The first-order chi connectivity index (χ1) is 8.98. The Hall–Kier alpha value is -0.260. The van der Waals surface area contributed by atoms with Gasteiger partial charge in [-0.05, 0) is 30.8 Å². The van der Waals surface area contributed by atoms with Gasteiger partial charge in [0.25, 0.3) is 0 Å². The second kappa shape index (κ2) is 4.64. The minimum absolute atomic E-state index is 0.0427. The number of carbonyl (C=O) groups is 1. The standard InChI is InChI=1S/C14H24N2O2S/c1-13(2)11-10(3-6-18-11)14(13,15)12(17)16-9-4-7-19-8-5-9/h9-11H,3-8,15H2,1-2H3,(H,16,17). The summed E-state index contributed by atoms with van der Waals surface area (Å²) in [6.45, 7) is 4.87. The predicted octanol–water partition coefficient (Wildman–Crippen LogP) is 1.14. The van der Waals surface area contributed by atoms with Crippen LogP contribution in [0.1, 0.15) is 33.1 Å². The van der Waals surface area contributed by atoms with Gasteiger partial charge in [0.15, 0.2) is 0 Å². The lowest BCUT2D eigenvalue weighted by Crippen LogP contribution is -2.80. The lowest BCUT2D eigenvalue weighted by atomic mass is 9.48. The van der Waals surface area contributed by atoms with Crippen LogP contribution in [-0.2, 0) is 9.53 Å². The van der Waals surface area contributed by atoms with Crippen LogP contribution in [0.4, 0.5) is 0 Å². The van der Waals surface area contributed by atoms with Gasteiger partial charge in [0.1, 0.15) is 5.54 Å². The number of rotatable bonds is 2. The first-order valence-electron chi connectivity index (χ1n) is 7.27. The molecule has 4 nitrogen and oxygen atoms in total. The maximum Gasteiger partial charge on any atom is 0.241 e. The van der Waals surface area contributed by atoms with E-state index < -0.39 is 5.54 Å². The number of carbonyl (C=O) groups excluding carboxylic acids is 1. The summed E-state index contributed by atoms with van der Waals surface area (Å²) in [7, 11) is 0. The van der Waals surface area contributed by atoms with Gasteiger partial charge in [-0.15, -0.1) is 0 Å². The zero-order valence-corrected chi connectivity index (χ0v) is 12.6. The van der Waals surface area contributed by atoms with Gasteiger partial charge in [-0.1, -0.05) is 13.8 Å². The van der Waals surface area contributed by atoms with Crippen molar-refractivity contribution in [3.8, 4) is 0 Å². The molecule has 3 unspecified atom stereocenters. The van der Waals surface area contributed by atoms with E-state index in [-0.39, 0.29) is 23.3 Å². The van der Waals surface area contributed by atoms with Gasteiger partial charge in [-0.25, -0.2) is 0 Å². The Morgan fingerprint density at radius 1 is 1.32 bits per heavy atom. The van der Waals surface area contributed by atoms with Crippen LogP contribution in [0.5, 0.6) is 0 Å². The normalized spacial score (nSPS) is 41.4. The third kappa shape index (κ3) is 1.85. The molecule has 3 N–H and O–H groups in total. The van der Waals surface area contributed by atoms with E-state index in [2.05, 4.69) is 19.2 Å². The number of nitrogens with one attached hydrogen (secondary N) is 1.